The van der Waals surface area contributed by atoms with Gasteiger partial charge in [-0.25, -0.2) is 4.79 Å². The molecule has 0 spiro atoms. The molecule has 32 heavy (non-hydrogen) atoms. The van der Waals surface area contributed by atoms with Crippen LogP contribution in [0.2, 0.25) is 0 Å². The molecule has 2 aliphatic rings. The molecule has 2 saturated heterocycles. The van der Waals surface area contributed by atoms with Crippen LogP contribution in [0, 0.1) is 5.92 Å². The summed E-state index contributed by atoms with van der Waals surface area (Å²) in [5.41, 5.74) is -0.962. The van der Waals surface area contributed by atoms with Crippen molar-refractivity contribution in [1.29, 1.82) is 0 Å². The van der Waals surface area contributed by atoms with Crippen molar-refractivity contribution in [2.75, 3.05) is 0 Å². The van der Waals surface area contributed by atoms with Crippen LogP contribution >= 0.6 is 0 Å². The van der Waals surface area contributed by atoms with Gasteiger partial charge in [-0.1, -0.05) is 71.1 Å². The standard InChI is InChI=1S/C27H49N2O3/c1-7-8-9-10-11-12-13-14-15-16-18-23-21-24(31)28(25(23)32)29(22(2)30)26(3,4)19-17-20-27(29,5)6/h23H,7-21H2,1-6H3/q+1. The van der Waals surface area contributed by atoms with Crippen LogP contribution in [0.4, 0.5) is 0 Å². The number of imide groups is 1. The maximum absolute atomic E-state index is 13.5. The van der Waals surface area contributed by atoms with Crippen molar-refractivity contribution in [3.05, 3.63) is 0 Å². The summed E-state index contributed by atoms with van der Waals surface area (Å²) in [5.74, 6) is -0.644. The van der Waals surface area contributed by atoms with Gasteiger partial charge in [0.2, 0.25) is 0 Å². The second-order valence-corrected chi connectivity index (χ2v) is 11.5. The summed E-state index contributed by atoms with van der Waals surface area (Å²) < 4.78 is -0.147. The molecular formula is C27H49N2O3+. The Hall–Kier alpha value is -1.23. The molecule has 2 heterocycles. The molecule has 0 N–H and O–H groups in total. The Morgan fingerprint density at radius 2 is 1.34 bits per heavy atom. The van der Waals surface area contributed by atoms with E-state index in [1.54, 1.807) is 6.92 Å². The molecule has 0 radical (unpaired) electrons. The third kappa shape index (κ3) is 5.29. The Kier molecular flexibility index (Phi) is 9.51. The lowest BCUT2D eigenvalue weighted by Gasteiger charge is -2.60. The van der Waals surface area contributed by atoms with Gasteiger partial charge in [-0.15, -0.1) is 9.60 Å². The molecule has 0 aromatic rings. The fraction of sp³-hybridized carbons (Fsp3) is 0.889. The number of unbranched alkanes of at least 4 members (excludes halogenated alkanes) is 9. The number of piperidine rings is 1. The zero-order chi connectivity index (χ0) is 24.0. The van der Waals surface area contributed by atoms with Gasteiger partial charge in [0.15, 0.2) is 0 Å². The quantitative estimate of drug-likeness (QED) is 0.189. The van der Waals surface area contributed by atoms with E-state index in [9.17, 15) is 14.4 Å². The van der Waals surface area contributed by atoms with Crippen LogP contribution in [0.25, 0.3) is 0 Å². The average Bonchev–Trinajstić information content (AvgIpc) is 2.96. The fourth-order valence-corrected chi connectivity index (χ4v) is 6.73. The topological polar surface area (TPSA) is 54.5 Å². The second-order valence-electron chi connectivity index (χ2n) is 11.5. The third-order valence-electron chi connectivity index (χ3n) is 8.21. The highest BCUT2D eigenvalue weighted by Gasteiger charge is 2.68. The zero-order valence-electron chi connectivity index (χ0n) is 21.8. The zero-order valence-corrected chi connectivity index (χ0v) is 21.8. The second kappa shape index (κ2) is 11.3. The van der Waals surface area contributed by atoms with E-state index in [4.69, 9.17) is 0 Å². The molecule has 2 fully saturated rings. The fourth-order valence-electron chi connectivity index (χ4n) is 6.73. The van der Waals surface area contributed by atoms with E-state index >= 15 is 0 Å². The molecule has 0 aliphatic carbocycles. The Labute approximate surface area is 196 Å². The lowest BCUT2D eigenvalue weighted by Crippen LogP contribution is -2.82. The molecule has 5 heteroatoms. The van der Waals surface area contributed by atoms with Crippen molar-refractivity contribution in [2.45, 2.75) is 149 Å². The van der Waals surface area contributed by atoms with Gasteiger partial charge in [-0.05, 0) is 40.5 Å². The maximum Gasteiger partial charge on any atom is 0.336 e. The first-order chi connectivity index (χ1) is 15.0. The van der Waals surface area contributed by atoms with E-state index < -0.39 is 11.1 Å². The molecular weight excluding hydrogens is 400 g/mol. The van der Waals surface area contributed by atoms with Gasteiger partial charge in [0.05, 0.1) is 12.8 Å². The molecule has 1 atom stereocenters. The number of quaternary nitrogens is 1. The van der Waals surface area contributed by atoms with Crippen molar-refractivity contribution in [3.8, 4) is 0 Å². The van der Waals surface area contributed by atoms with Gasteiger partial charge < -0.3 is 0 Å². The number of amides is 3. The molecule has 2 aliphatic heterocycles. The van der Waals surface area contributed by atoms with Crippen LogP contribution in [0.5, 0.6) is 0 Å². The largest absolute Gasteiger partial charge is 0.336 e. The van der Waals surface area contributed by atoms with Gasteiger partial charge in [0.1, 0.15) is 11.1 Å². The monoisotopic (exact) mass is 449 g/mol. The Morgan fingerprint density at radius 1 is 0.875 bits per heavy atom. The van der Waals surface area contributed by atoms with Crippen molar-refractivity contribution in [3.63, 3.8) is 0 Å². The summed E-state index contributed by atoms with van der Waals surface area (Å²) in [5, 5.41) is 1.39. The molecule has 0 aromatic carbocycles. The minimum absolute atomic E-state index is 0.0963. The minimum Gasteiger partial charge on any atom is -0.269 e. The number of carbonyl (C=O) groups excluding carboxylic acids is 3. The lowest BCUT2D eigenvalue weighted by molar-refractivity contribution is -1.03. The molecule has 0 aromatic heterocycles. The van der Waals surface area contributed by atoms with E-state index in [1.165, 1.54) is 56.4 Å². The first-order valence-electron chi connectivity index (χ1n) is 13.3. The van der Waals surface area contributed by atoms with Crippen LogP contribution in [0.15, 0.2) is 0 Å². The molecule has 184 valence electrons. The van der Waals surface area contributed by atoms with E-state index in [0.717, 1.165) is 38.5 Å². The molecule has 1 unspecified atom stereocenters. The van der Waals surface area contributed by atoms with Crippen LogP contribution in [0.3, 0.4) is 0 Å². The Bertz CT molecular complexity index is 652. The predicted octanol–water partition coefficient (Wildman–Crippen LogP) is 6.69. The smallest absolute Gasteiger partial charge is 0.269 e. The van der Waals surface area contributed by atoms with E-state index in [1.807, 2.05) is 27.7 Å². The van der Waals surface area contributed by atoms with Gasteiger partial charge >= 0.3 is 5.91 Å². The summed E-state index contributed by atoms with van der Waals surface area (Å²) in [6.07, 6.45) is 16.3. The van der Waals surface area contributed by atoms with Crippen molar-refractivity contribution < 1.29 is 19.0 Å². The molecule has 0 bridgehead atoms. The molecule has 5 nitrogen and oxygen atoms in total. The Morgan fingerprint density at radius 3 is 1.81 bits per heavy atom. The summed E-state index contributed by atoms with van der Waals surface area (Å²) in [4.78, 5) is 39.9. The third-order valence-corrected chi connectivity index (χ3v) is 8.21. The van der Waals surface area contributed by atoms with E-state index in [0.29, 0.717) is 0 Å². The Balaban J connectivity index is 1.95. The number of carbonyl (C=O) groups is 3. The van der Waals surface area contributed by atoms with E-state index in [-0.39, 0.29) is 34.7 Å². The minimum atomic E-state index is -0.481. The van der Waals surface area contributed by atoms with Gasteiger partial charge in [-0.2, -0.15) is 0 Å². The number of hydrogen-bond acceptors (Lipinski definition) is 3. The summed E-state index contributed by atoms with van der Waals surface area (Å²) >= 11 is 0. The lowest BCUT2D eigenvalue weighted by atomic mass is 9.77. The number of hydrogen-bond donors (Lipinski definition) is 0. The maximum atomic E-state index is 13.5. The first kappa shape index (κ1) is 27.0. The van der Waals surface area contributed by atoms with Crippen molar-refractivity contribution >= 4 is 17.7 Å². The highest BCUT2D eigenvalue weighted by atomic mass is 16.2. The summed E-state index contributed by atoms with van der Waals surface area (Å²) in [6.45, 7) is 12.0. The number of rotatable bonds is 12. The molecule has 3 amide bonds. The summed E-state index contributed by atoms with van der Waals surface area (Å²) in [7, 11) is 0. The SMILES string of the molecule is CCCCCCCCCCCCC1CC(=O)N([N+]2(C(C)=O)C(C)(C)CCCC2(C)C)C1=O. The predicted molar refractivity (Wildman–Crippen MR) is 129 cm³/mol. The van der Waals surface area contributed by atoms with Gasteiger partial charge in [0, 0.05) is 19.3 Å². The highest BCUT2D eigenvalue weighted by Crippen LogP contribution is 2.50. The normalized spacial score (nSPS) is 24.2. The van der Waals surface area contributed by atoms with Crippen LogP contribution in [-0.4, -0.2) is 38.4 Å². The van der Waals surface area contributed by atoms with Gasteiger partial charge in [0.25, 0.3) is 11.8 Å². The average molecular weight is 450 g/mol. The van der Waals surface area contributed by atoms with Crippen molar-refractivity contribution in [1.82, 2.24) is 5.01 Å². The number of nitrogens with zero attached hydrogens (tertiary/aromatic N) is 2. The highest BCUT2D eigenvalue weighted by molar-refractivity contribution is 6.03. The van der Waals surface area contributed by atoms with Crippen molar-refractivity contribution in [2.24, 2.45) is 5.92 Å². The first-order valence-corrected chi connectivity index (χ1v) is 13.3. The molecule has 2 rings (SSSR count). The molecule has 0 saturated carbocycles. The van der Waals surface area contributed by atoms with Crippen LogP contribution in [-0.2, 0) is 14.4 Å². The number of likely N-dealkylation sites (tertiary alicyclic amines) is 1. The van der Waals surface area contributed by atoms with E-state index in [2.05, 4.69) is 6.92 Å². The van der Waals surface area contributed by atoms with Gasteiger partial charge in [-0.3, -0.25) is 9.59 Å². The summed E-state index contributed by atoms with van der Waals surface area (Å²) in [6, 6.07) is 0. The van der Waals surface area contributed by atoms with Crippen LogP contribution < -0.4 is 0 Å². The van der Waals surface area contributed by atoms with Crippen LogP contribution in [0.1, 0.15) is 138 Å².